The number of nitrogens with zero attached hydrogens (tertiary/aromatic N) is 2. The Morgan fingerprint density at radius 3 is 2.84 bits per heavy atom. The molecule has 4 atom stereocenters. The second kappa shape index (κ2) is 12.8. The molecule has 1 saturated heterocycles. The Labute approximate surface area is 214 Å². The Morgan fingerprint density at radius 1 is 1.16 bits per heavy atom. The standard InChI is InChI=1S/C28H31F2N3O4/c1-36-27-11-10-25-28(33-27)18(12-14-32-25)4-6-22-7-9-24(26(37-22)16-21(35)17-34)31-13-2-3-19-15-20(29)5-8-23(19)30/h2-6,8,10-12,14-15,21-22,24,26,31,34-35H,7,9,13,16-17H2,1H3/t21?,22-,24-,26-/m1/s1. The van der Waals surface area contributed by atoms with Crippen LogP contribution in [0.15, 0.2) is 54.7 Å². The third-order valence-electron chi connectivity index (χ3n) is 6.32. The van der Waals surface area contributed by atoms with Gasteiger partial charge in [-0.25, -0.2) is 13.8 Å². The van der Waals surface area contributed by atoms with Gasteiger partial charge >= 0.3 is 0 Å². The predicted molar refractivity (Wildman–Crippen MR) is 138 cm³/mol. The molecule has 196 valence electrons. The van der Waals surface area contributed by atoms with Crippen molar-refractivity contribution in [2.24, 2.45) is 0 Å². The maximum atomic E-state index is 13.8. The number of aliphatic hydroxyl groups is 2. The van der Waals surface area contributed by atoms with Crippen LogP contribution in [0, 0.1) is 11.6 Å². The summed E-state index contributed by atoms with van der Waals surface area (Å²) in [5.74, 6) is -0.486. The van der Waals surface area contributed by atoms with Crippen molar-refractivity contribution in [2.75, 3.05) is 20.3 Å². The van der Waals surface area contributed by atoms with E-state index in [1.165, 1.54) is 6.08 Å². The molecule has 1 aromatic carbocycles. The smallest absolute Gasteiger partial charge is 0.213 e. The minimum absolute atomic E-state index is 0.0828. The first kappa shape index (κ1) is 26.8. The number of hydrogen-bond acceptors (Lipinski definition) is 7. The number of aliphatic hydroxyl groups excluding tert-OH is 2. The van der Waals surface area contributed by atoms with E-state index < -0.39 is 17.7 Å². The number of methoxy groups -OCH3 is 1. The molecule has 3 aromatic rings. The second-order valence-corrected chi connectivity index (χ2v) is 8.93. The summed E-state index contributed by atoms with van der Waals surface area (Å²) < 4.78 is 38.7. The molecule has 37 heavy (non-hydrogen) atoms. The van der Waals surface area contributed by atoms with Crippen LogP contribution in [0.4, 0.5) is 8.78 Å². The maximum absolute atomic E-state index is 13.8. The van der Waals surface area contributed by atoms with Crippen molar-refractivity contribution in [3.05, 3.63) is 77.5 Å². The number of rotatable bonds is 10. The Hall–Kier alpha value is -3.24. The van der Waals surface area contributed by atoms with Crippen LogP contribution in [0.1, 0.15) is 30.4 Å². The topological polar surface area (TPSA) is 96.7 Å². The third-order valence-corrected chi connectivity index (χ3v) is 6.32. The minimum Gasteiger partial charge on any atom is -0.481 e. The van der Waals surface area contributed by atoms with Crippen molar-refractivity contribution in [2.45, 2.75) is 43.6 Å². The summed E-state index contributed by atoms with van der Waals surface area (Å²) >= 11 is 0. The van der Waals surface area contributed by atoms with Crippen molar-refractivity contribution in [1.82, 2.24) is 15.3 Å². The number of fused-ring (bicyclic) bond motifs is 1. The fourth-order valence-electron chi connectivity index (χ4n) is 4.39. The van der Waals surface area contributed by atoms with Gasteiger partial charge in [-0.05, 0) is 43.2 Å². The van der Waals surface area contributed by atoms with Gasteiger partial charge in [0.1, 0.15) is 11.6 Å². The lowest BCUT2D eigenvalue weighted by molar-refractivity contribution is -0.0714. The van der Waals surface area contributed by atoms with Gasteiger partial charge in [0, 0.05) is 42.4 Å². The van der Waals surface area contributed by atoms with Gasteiger partial charge in [0.05, 0.1) is 43.1 Å². The van der Waals surface area contributed by atoms with E-state index >= 15 is 0 Å². The minimum atomic E-state index is -0.908. The maximum Gasteiger partial charge on any atom is 0.213 e. The van der Waals surface area contributed by atoms with E-state index in [9.17, 15) is 19.0 Å². The first-order chi connectivity index (χ1) is 18.0. The van der Waals surface area contributed by atoms with E-state index in [0.717, 1.165) is 47.6 Å². The van der Waals surface area contributed by atoms with Crippen LogP contribution in [0.25, 0.3) is 23.2 Å². The van der Waals surface area contributed by atoms with E-state index in [-0.39, 0.29) is 36.8 Å². The Morgan fingerprint density at radius 2 is 2.03 bits per heavy atom. The molecule has 0 aliphatic carbocycles. The highest BCUT2D eigenvalue weighted by Gasteiger charge is 2.31. The lowest BCUT2D eigenvalue weighted by atomic mass is 9.94. The zero-order valence-corrected chi connectivity index (χ0v) is 20.6. The fraction of sp³-hybridized carbons (Fsp3) is 0.357. The monoisotopic (exact) mass is 511 g/mol. The normalized spacial score (nSPS) is 21.2. The highest BCUT2D eigenvalue weighted by molar-refractivity contribution is 5.84. The molecule has 0 saturated carbocycles. The average molecular weight is 512 g/mol. The molecule has 0 bridgehead atoms. The van der Waals surface area contributed by atoms with Crippen LogP contribution in [-0.4, -0.2) is 64.8 Å². The molecule has 4 rings (SSSR count). The number of nitrogens with one attached hydrogen (secondary N) is 1. The molecule has 1 aliphatic heterocycles. The van der Waals surface area contributed by atoms with E-state index in [1.807, 2.05) is 24.3 Å². The van der Waals surface area contributed by atoms with Crippen molar-refractivity contribution in [3.8, 4) is 5.88 Å². The van der Waals surface area contributed by atoms with Gasteiger partial charge in [-0.1, -0.05) is 24.3 Å². The summed E-state index contributed by atoms with van der Waals surface area (Å²) in [7, 11) is 1.57. The predicted octanol–water partition coefficient (Wildman–Crippen LogP) is 3.89. The summed E-state index contributed by atoms with van der Waals surface area (Å²) in [5, 5.41) is 22.8. The fourth-order valence-corrected chi connectivity index (χ4v) is 4.39. The number of pyridine rings is 2. The lowest BCUT2D eigenvalue weighted by Gasteiger charge is -2.37. The molecule has 9 heteroatoms. The molecule has 3 N–H and O–H groups in total. The summed E-state index contributed by atoms with van der Waals surface area (Å²) in [4.78, 5) is 8.86. The molecular formula is C28H31F2N3O4. The zero-order valence-electron chi connectivity index (χ0n) is 20.6. The van der Waals surface area contributed by atoms with E-state index in [4.69, 9.17) is 9.47 Å². The Bertz CT molecular complexity index is 1250. The molecule has 0 spiro atoms. The Balaban J connectivity index is 1.41. The summed E-state index contributed by atoms with van der Waals surface area (Å²) in [5.41, 5.74) is 2.54. The van der Waals surface area contributed by atoms with Gasteiger partial charge in [0.2, 0.25) is 5.88 Å². The number of aromatic nitrogens is 2. The highest BCUT2D eigenvalue weighted by atomic mass is 19.1. The SMILES string of the molecule is COc1ccc2nccc(C=C[C@@H]3CC[C@@H](NCC=Cc4cc(F)ccc4F)[C@@H](CC(O)CO)O3)c2n1. The third kappa shape index (κ3) is 7.17. The van der Waals surface area contributed by atoms with Gasteiger partial charge in [-0.3, -0.25) is 4.98 Å². The van der Waals surface area contributed by atoms with Crippen LogP contribution in [0.3, 0.4) is 0 Å². The number of halogens is 2. The van der Waals surface area contributed by atoms with Crippen LogP contribution in [0.2, 0.25) is 0 Å². The van der Waals surface area contributed by atoms with E-state index in [0.29, 0.717) is 12.4 Å². The van der Waals surface area contributed by atoms with E-state index in [1.54, 1.807) is 25.4 Å². The second-order valence-electron chi connectivity index (χ2n) is 8.93. The van der Waals surface area contributed by atoms with Gasteiger partial charge in [0.15, 0.2) is 0 Å². The molecular weight excluding hydrogens is 480 g/mol. The molecule has 2 aromatic heterocycles. The van der Waals surface area contributed by atoms with Crippen molar-refractivity contribution in [1.29, 1.82) is 0 Å². The molecule has 3 heterocycles. The average Bonchev–Trinajstić information content (AvgIpc) is 2.92. The summed E-state index contributed by atoms with van der Waals surface area (Å²) in [6.07, 6.45) is 9.21. The number of hydrogen-bond donors (Lipinski definition) is 3. The van der Waals surface area contributed by atoms with Gasteiger partial charge in [-0.15, -0.1) is 0 Å². The summed E-state index contributed by atoms with van der Waals surface area (Å²) in [6.45, 7) is 0.0507. The molecule has 1 unspecified atom stereocenters. The van der Waals surface area contributed by atoms with Gasteiger partial charge in [-0.2, -0.15) is 0 Å². The highest BCUT2D eigenvalue weighted by Crippen LogP contribution is 2.26. The number of ether oxygens (including phenoxy) is 2. The summed E-state index contributed by atoms with van der Waals surface area (Å²) in [6, 6.07) is 8.73. The lowest BCUT2D eigenvalue weighted by Crippen LogP contribution is -2.48. The first-order valence-electron chi connectivity index (χ1n) is 12.2. The first-order valence-corrected chi connectivity index (χ1v) is 12.2. The van der Waals surface area contributed by atoms with Crippen LogP contribution in [0.5, 0.6) is 5.88 Å². The van der Waals surface area contributed by atoms with Crippen LogP contribution in [-0.2, 0) is 4.74 Å². The molecule has 7 nitrogen and oxygen atoms in total. The molecule has 0 radical (unpaired) electrons. The zero-order chi connectivity index (χ0) is 26.2. The van der Waals surface area contributed by atoms with Gasteiger partial charge in [0.25, 0.3) is 0 Å². The van der Waals surface area contributed by atoms with E-state index in [2.05, 4.69) is 15.3 Å². The molecule has 1 aliphatic rings. The Kier molecular flexibility index (Phi) is 9.29. The molecule has 0 amide bonds. The molecule has 1 fully saturated rings. The van der Waals surface area contributed by atoms with Crippen molar-refractivity contribution in [3.63, 3.8) is 0 Å². The van der Waals surface area contributed by atoms with Crippen LogP contribution >= 0.6 is 0 Å². The largest absolute Gasteiger partial charge is 0.481 e. The quantitative estimate of drug-likeness (QED) is 0.380. The van der Waals surface area contributed by atoms with Gasteiger partial charge < -0.3 is 25.0 Å². The number of benzene rings is 1. The van der Waals surface area contributed by atoms with Crippen molar-refractivity contribution >= 4 is 23.2 Å². The van der Waals surface area contributed by atoms with Crippen molar-refractivity contribution < 1.29 is 28.5 Å². The van der Waals surface area contributed by atoms with Crippen LogP contribution < -0.4 is 10.1 Å².